The number of anilines is 1. The van der Waals surface area contributed by atoms with Gasteiger partial charge < -0.3 is 10.3 Å². The monoisotopic (exact) mass is 578 g/mol. The largest absolute Gasteiger partial charge is 0.356 e. The summed E-state index contributed by atoms with van der Waals surface area (Å²) in [5.41, 5.74) is 4.42. The topological polar surface area (TPSA) is 85.5 Å². The standard InChI is InChI=1S/C33H24ClFN4O3/c34-25-10-4-1-7-20(25)18-36-31(40)23-9-3-6-12-27(23)39-32(41)28-17-24-22-8-2-5-11-26(22)37-29(24)30(38(28)33(39)42)19-13-15-21(35)16-14-19/h1-16,28,30,37H,17-18H2,(H,36,40)/t28-,30+/m0/s1. The van der Waals surface area contributed by atoms with Crippen LogP contribution in [0.15, 0.2) is 97.1 Å². The number of benzene rings is 4. The lowest BCUT2D eigenvalue weighted by molar-refractivity contribution is -0.120. The van der Waals surface area contributed by atoms with Crippen LogP contribution in [0.2, 0.25) is 5.02 Å². The lowest BCUT2D eigenvalue weighted by atomic mass is 9.89. The molecular weight excluding hydrogens is 555 g/mol. The Kier molecular flexibility index (Phi) is 6.28. The molecule has 1 fully saturated rings. The van der Waals surface area contributed by atoms with E-state index in [0.717, 1.165) is 32.6 Å². The number of hydrogen-bond donors (Lipinski definition) is 2. The lowest BCUT2D eigenvalue weighted by Crippen LogP contribution is -2.44. The molecule has 1 saturated heterocycles. The summed E-state index contributed by atoms with van der Waals surface area (Å²) in [7, 11) is 0. The maximum Gasteiger partial charge on any atom is 0.332 e. The van der Waals surface area contributed by atoms with E-state index in [1.165, 1.54) is 12.1 Å². The molecule has 0 unspecified atom stereocenters. The number of amides is 4. The third kappa shape index (κ3) is 4.14. The molecule has 9 heteroatoms. The van der Waals surface area contributed by atoms with Crippen molar-refractivity contribution in [2.24, 2.45) is 0 Å². The number of aromatic nitrogens is 1. The average Bonchev–Trinajstić information content (AvgIpc) is 3.50. The fourth-order valence-corrected chi connectivity index (χ4v) is 6.26. The molecule has 42 heavy (non-hydrogen) atoms. The molecule has 7 nitrogen and oxygen atoms in total. The Hall–Kier alpha value is -4.95. The number of fused-ring (bicyclic) bond motifs is 4. The summed E-state index contributed by atoms with van der Waals surface area (Å²) in [5.74, 6) is -1.26. The molecule has 5 aromatic rings. The van der Waals surface area contributed by atoms with Gasteiger partial charge in [0.15, 0.2) is 0 Å². The summed E-state index contributed by atoms with van der Waals surface area (Å²) in [6.45, 7) is 0.178. The molecule has 4 aromatic carbocycles. The fourth-order valence-electron chi connectivity index (χ4n) is 6.06. The van der Waals surface area contributed by atoms with Gasteiger partial charge in [-0.25, -0.2) is 14.1 Å². The first-order chi connectivity index (χ1) is 20.4. The number of urea groups is 1. The fraction of sp³-hybridized carbons (Fsp3) is 0.121. The van der Waals surface area contributed by atoms with E-state index in [9.17, 15) is 18.8 Å². The highest BCUT2D eigenvalue weighted by Gasteiger charge is 2.53. The molecule has 7 rings (SSSR count). The molecule has 0 bridgehead atoms. The molecule has 3 heterocycles. The first-order valence-corrected chi connectivity index (χ1v) is 13.9. The normalized spacial score (nSPS) is 17.9. The summed E-state index contributed by atoms with van der Waals surface area (Å²) in [6, 6.07) is 25.5. The number of carbonyl (C=O) groups is 3. The van der Waals surface area contributed by atoms with Crippen molar-refractivity contribution >= 4 is 46.0 Å². The number of nitrogens with zero attached hydrogens (tertiary/aromatic N) is 2. The lowest BCUT2D eigenvalue weighted by Gasteiger charge is -2.36. The Morgan fingerprint density at radius 3 is 2.45 bits per heavy atom. The van der Waals surface area contributed by atoms with Crippen LogP contribution in [0, 0.1) is 5.82 Å². The van der Waals surface area contributed by atoms with Gasteiger partial charge in [0.25, 0.3) is 11.8 Å². The van der Waals surface area contributed by atoms with Gasteiger partial charge in [-0.15, -0.1) is 0 Å². The predicted molar refractivity (Wildman–Crippen MR) is 158 cm³/mol. The Morgan fingerprint density at radius 2 is 1.64 bits per heavy atom. The molecule has 4 amide bonds. The van der Waals surface area contributed by atoms with E-state index < -0.39 is 35.7 Å². The molecule has 2 aliphatic heterocycles. The van der Waals surface area contributed by atoms with Gasteiger partial charge >= 0.3 is 6.03 Å². The number of H-pyrrole nitrogens is 1. The zero-order valence-corrected chi connectivity index (χ0v) is 22.9. The van der Waals surface area contributed by atoms with Crippen LogP contribution in [-0.2, 0) is 17.8 Å². The number of halogens is 2. The van der Waals surface area contributed by atoms with Crippen LogP contribution < -0.4 is 10.2 Å². The molecule has 0 saturated carbocycles. The Bertz CT molecular complexity index is 1890. The first-order valence-electron chi connectivity index (χ1n) is 13.5. The van der Waals surface area contributed by atoms with Crippen molar-refractivity contribution in [3.8, 4) is 0 Å². The van der Waals surface area contributed by atoms with Crippen LogP contribution in [0.3, 0.4) is 0 Å². The van der Waals surface area contributed by atoms with Crippen LogP contribution in [-0.4, -0.2) is 33.8 Å². The van der Waals surface area contributed by atoms with E-state index in [4.69, 9.17) is 11.6 Å². The van der Waals surface area contributed by atoms with Crippen molar-refractivity contribution in [1.29, 1.82) is 0 Å². The first kappa shape index (κ1) is 26.0. The number of nitrogens with one attached hydrogen (secondary N) is 2. The molecule has 1 aromatic heterocycles. The van der Waals surface area contributed by atoms with Crippen molar-refractivity contribution in [2.45, 2.75) is 25.0 Å². The van der Waals surface area contributed by atoms with Crippen LogP contribution in [0.1, 0.15) is 38.8 Å². The van der Waals surface area contributed by atoms with Gasteiger partial charge in [-0.05, 0) is 53.1 Å². The van der Waals surface area contributed by atoms with E-state index in [1.807, 2.05) is 36.4 Å². The van der Waals surface area contributed by atoms with E-state index in [0.29, 0.717) is 17.0 Å². The Labute approximate surface area is 245 Å². The highest BCUT2D eigenvalue weighted by molar-refractivity contribution is 6.31. The SMILES string of the molecule is O=C(NCc1ccccc1Cl)c1ccccc1N1C(=O)[C@@H]2Cc3c([nH]c4ccccc34)[C@@H](c3ccc(F)cc3)N2C1=O. The summed E-state index contributed by atoms with van der Waals surface area (Å²) in [6.07, 6.45) is 0.305. The molecule has 208 valence electrons. The number of aromatic amines is 1. The third-order valence-electron chi connectivity index (χ3n) is 8.02. The molecule has 0 spiro atoms. The molecular formula is C33H24ClFN4O3. The Morgan fingerprint density at radius 1 is 0.929 bits per heavy atom. The van der Waals surface area contributed by atoms with E-state index in [-0.39, 0.29) is 17.8 Å². The van der Waals surface area contributed by atoms with Gasteiger partial charge in [-0.1, -0.05) is 72.3 Å². The quantitative estimate of drug-likeness (QED) is 0.238. The summed E-state index contributed by atoms with van der Waals surface area (Å²) in [4.78, 5) is 47.8. The van der Waals surface area contributed by atoms with Crippen LogP contribution in [0.4, 0.5) is 14.9 Å². The van der Waals surface area contributed by atoms with Crippen LogP contribution in [0.25, 0.3) is 10.9 Å². The van der Waals surface area contributed by atoms with Crippen molar-refractivity contribution in [3.63, 3.8) is 0 Å². The number of imide groups is 1. The number of rotatable bonds is 5. The summed E-state index contributed by atoms with van der Waals surface area (Å²) in [5, 5.41) is 4.35. The van der Waals surface area contributed by atoms with Crippen LogP contribution in [0.5, 0.6) is 0 Å². The highest BCUT2D eigenvalue weighted by atomic mass is 35.5. The van der Waals surface area contributed by atoms with Gasteiger partial charge in [0, 0.05) is 34.6 Å². The second-order valence-electron chi connectivity index (χ2n) is 10.4. The van der Waals surface area contributed by atoms with Gasteiger partial charge in [0.05, 0.1) is 11.3 Å². The maximum absolute atomic E-state index is 14.2. The average molecular weight is 579 g/mol. The van der Waals surface area contributed by atoms with Crippen molar-refractivity contribution in [1.82, 2.24) is 15.2 Å². The van der Waals surface area contributed by atoms with E-state index >= 15 is 0 Å². The molecule has 2 N–H and O–H groups in total. The number of hydrogen-bond acceptors (Lipinski definition) is 3. The van der Waals surface area contributed by atoms with E-state index in [1.54, 1.807) is 53.4 Å². The third-order valence-corrected chi connectivity index (χ3v) is 8.39. The van der Waals surface area contributed by atoms with Gasteiger partial charge in [-0.2, -0.15) is 0 Å². The minimum atomic E-state index is -0.807. The minimum Gasteiger partial charge on any atom is -0.356 e. The van der Waals surface area contributed by atoms with Crippen LogP contribution >= 0.6 is 11.6 Å². The molecule has 2 atom stereocenters. The Balaban J connectivity index is 1.28. The van der Waals surface area contributed by atoms with Crippen molar-refractivity contribution in [2.75, 3.05) is 4.90 Å². The molecule has 0 radical (unpaired) electrons. The zero-order chi connectivity index (χ0) is 29.0. The zero-order valence-electron chi connectivity index (χ0n) is 22.2. The second-order valence-corrected chi connectivity index (χ2v) is 10.8. The molecule has 0 aliphatic carbocycles. The van der Waals surface area contributed by atoms with E-state index in [2.05, 4.69) is 10.3 Å². The number of para-hydroxylation sites is 2. The van der Waals surface area contributed by atoms with Gasteiger partial charge in [0.1, 0.15) is 17.9 Å². The predicted octanol–water partition coefficient (Wildman–Crippen LogP) is 6.37. The highest BCUT2D eigenvalue weighted by Crippen LogP contribution is 2.45. The summed E-state index contributed by atoms with van der Waals surface area (Å²) >= 11 is 6.26. The molecule has 2 aliphatic rings. The van der Waals surface area contributed by atoms with Crippen molar-refractivity contribution in [3.05, 3.63) is 136 Å². The summed E-state index contributed by atoms with van der Waals surface area (Å²) < 4.78 is 13.9. The smallest absolute Gasteiger partial charge is 0.332 e. The van der Waals surface area contributed by atoms with Gasteiger partial charge in [-0.3, -0.25) is 14.5 Å². The second kappa shape index (κ2) is 10.2. The van der Waals surface area contributed by atoms with Crippen molar-refractivity contribution < 1.29 is 18.8 Å². The van der Waals surface area contributed by atoms with Gasteiger partial charge in [0.2, 0.25) is 0 Å². The maximum atomic E-state index is 14.2. The number of carbonyl (C=O) groups excluding carboxylic acids is 3. The minimum absolute atomic E-state index is 0.178.